The lowest BCUT2D eigenvalue weighted by Gasteiger charge is -2.12. The molecule has 1 amide bonds. The topological polar surface area (TPSA) is 110 Å². The lowest BCUT2D eigenvalue weighted by atomic mass is 9.95. The van der Waals surface area contributed by atoms with Crippen molar-refractivity contribution in [1.82, 2.24) is 9.97 Å². The fourth-order valence-electron chi connectivity index (χ4n) is 3.95. The van der Waals surface area contributed by atoms with Gasteiger partial charge < -0.3 is 15.0 Å². The van der Waals surface area contributed by atoms with Crippen molar-refractivity contribution in [3.63, 3.8) is 0 Å². The summed E-state index contributed by atoms with van der Waals surface area (Å²) >= 11 is 1.60. The van der Waals surface area contributed by atoms with E-state index in [9.17, 15) is 14.9 Å². The number of nitrogens with one attached hydrogen (secondary N) is 2. The average Bonchev–Trinajstić information content (AvgIpc) is 3.38. The molecule has 5 rings (SSSR count). The molecule has 2 aromatic carbocycles. The number of aromatic amines is 1. The molecule has 1 aliphatic carbocycles. The van der Waals surface area contributed by atoms with Crippen LogP contribution in [0, 0.1) is 10.1 Å². The summed E-state index contributed by atoms with van der Waals surface area (Å²) in [7, 11) is 0. The van der Waals surface area contributed by atoms with E-state index in [1.165, 1.54) is 34.7 Å². The van der Waals surface area contributed by atoms with Gasteiger partial charge in [0.25, 0.3) is 11.6 Å². The van der Waals surface area contributed by atoms with Crippen LogP contribution in [0.5, 0.6) is 5.75 Å². The molecule has 0 bridgehead atoms. The lowest BCUT2D eigenvalue weighted by Crippen LogP contribution is -2.20. The maximum Gasteiger partial charge on any atom is 0.269 e. The summed E-state index contributed by atoms with van der Waals surface area (Å²) in [6, 6.07) is 13.5. The number of carbonyl (C=O) groups excluding carboxylic acids is 1. The molecule has 1 aliphatic rings. The Morgan fingerprint density at radius 3 is 2.72 bits per heavy atom. The summed E-state index contributed by atoms with van der Waals surface area (Å²) in [6.07, 6.45) is 4.23. The second-order valence-corrected chi connectivity index (χ2v) is 8.71. The Kier molecular flexibility index (Phi) is 5.32. The molecule has 0 unspecified atom stereocenters. The van der Waals surface area contributed by atoms with Crippen molar-refractivity contribution in [2.75, 3.05) is 11.9 Å². The number of carbonyl (C=O) groups is 1. The smallest absolute Gasteiger partial charge is 0.269 e. The SMILES string of the molecule is O=C(COc1ccc([N+](=O)[O-])cc1)Nc1sc2c(c1-c1nc3ccccc3[nH]1)CCCC2. The van der Waals surface area contributed by atoms with E-state index >= 15 is 0 Å². The highest BCUT2D eigenvalue weighted by Gasteiger charge is 2.25. The Morgan fingerprint density at radius 2 is 1.94 bits per heavy atom. The fraction of sp³-hybridized carbons (Fsp3) is 0.217. The van der Waals surface area contributed by atoms with E-state index in [4.69, 9.17) is 9.72 Å². The van der Waals surface area contributed by atoms with Crippen LogP contribution >= 0.6 is 11.3 Å². The minimum absolute atomic E-state index is 0.0264. The molecule has 162 valence electrons. The van der Waals surface area contributed by atoms with Gasteiger partial charge in [-0.25, -0.2) is 4.98 Å². The van der Waals surface area contributed by atoms with Crippen molar-refractivity contribution in [1.29, 1.82) is 0 Å². The molecule has 4 aromatic rings. The van der Waals surface area contributed by atoms with Gasteiger partial charge in [-0.3, -0.25) is 14.9 Å². The Labute approximate surface area is 187 Å². The zero-order valence-corrected chi connectivity index (χ0v) is 17.9. The van der Waals surface area contributed by atoms with Crippen LogP contribution in [0.25, 0.3) is 22.4 Å². The Hall–Kier alpha value is -3.72. The number of hydrogen-bond donors (Lipinski definition) is 2. The van der Waals surface area contributed by atoms with Crippen LogP contribution in [-0.4, -0.2) is 27.4 Å². The van der Waals surface area contributed by atoms with E-state index in [-0.39, 0.29) is 18.2 Å². The largest absolute Gasteiger partial charge is 0.484 e. The third-order valence-corrected chi connectivity index (χ3v) is 6.68. The first-order valence-electron chi connectivity index (χ1n) is 10.4. The molecule has 0 spiro atoms. The number of non-ortho nitro benzene ring substituents is 1. The molecule has 0 fully saturated rings. The Morgan fingerprint density at radius 1 is 1.16 bits per heavy atom. The number of aromatic nitrogens is 2. The number of amides is 1. The Balaban J connectivity index is 1.37. The summed E-state index contributed by atoms with van der Waals surface area (Å²) in [4.78, 5) is 32.4. The van der Waals surface area contributed by atoms with E-state index in [1.54, 1.807) is 11.3 Å². The summed E-state index contributed by atoms with van der Waals surface area (Å²) in [5, 5.41) is 14.5. The van der Waals surface area contributed by atoms with Gasteiger partial charge in [-0.05, 0) is 55.5 Å². The summed E-state index contributed by atoms with van der Waals surface area (Å²) < 4.78 is 5.52. The molecule has 0 atom stereocenters. The van der Waals surface area contributed by atoms with Crippen LogP contribution in [-0.2, 0) is 17.6 Å². The predicted octanol–water partition coefficient (Wildman–Crippen LogP) is 5.10. The van der Waals surface area contributed by atoms with Crippen molar-refractivity contribution in [2.24, 2.45) is 0 Å². The maximum atomic E-state index is 12.7. The molecule has 0 saturated heterocycles. The molecular weight excluding hydrogens is 428 g/mol. The van der Waals surface area contributed by atoms with Gasteiger partial charge in [0.15, 0.2) is 6.61 Å². The zero-order valence-electron chi connectivity index (χ0n) is 17.1. The number of nitro groups is 1. The standard InChI is InChI=1S/C23H20N4O4S/c28-20(13-31-15-11-9-14(10-12-15)27(29)30)26-23-21(16-5-1-4-8-19(16)32-23)22-24-17-6-2-3-7-18(17)25-22/h2-3,6-7,9-12H,1,4-5,8,13H2,(H,24,25)(H,26,28). The van der Waals surface area contributed by atoms with Gasteiger partial charge in [-0.15, -0.1) is 11.3 Å². The second-order valence-electron chi connectivity index (χ2n) is 7.61. The number of anilines is 1. The molecular formula is C23H20N4O4S. The van der Waals surface area contributed by atoms with Crippen molar-refractivity contribution in [3.8, 4) is 17.1 Å². The van der Waals surface area contributed by atoms with Crippen molar-refractivity contribution in [2.45, 2.75) is 25.7 Å². The van der Waals surface area contributed by atoms with Gasteiger partial charge in [0.1, 0.15) is 16.6 Å². The van der Waals surface area contributed by atoms with E-state index in [0.717, 1.165) is 53.1 Å². The number of benzene rings is 2. The molecule has 32 heavy (non-hydrogen) atoms. The number of nitro benzene ring substituents is 1. The summed E-state index contributed by atoms with van der Waals surface area (Å²) in [5.41, 5.74) is 4.03. The van der Waals surface area contributed by atoms with Crippen LogP contribution in [0.4, 0.5) is 10.7 Å². The van der Waals surface area contributed by atoms with Crippen LogP contribution in [0.1, 0.15) is 23.3 Å². The van der Waals surface area contributed by atoms with Crippen LogP contribution < -0.4 is 10.1 Å². The van der Waals surface area contributed by atoms with Gasteiger partial charge >= 0.3 is 0 Å². The van der Waals surface area contributed by atoms with Gasteiger partial charge in [0, 0.05) is 17.0 Å². The molecule has 0 radical (unpaired) electrons. The van der Waals surface area contributed by atoms with Gasteiger partial charge in [-0.2, -0.15) is 0 Å². The molecule has 0 saturated carbocycles. The first-order chi connectivity index (χ1) is 15.6. The highest BCUT2D eigenvalue weighted by Crippen LogP contribution is 2.43. The fourth-order valence-corrected chi connectivity index (χ4v) is 5.26. The number of thiophene rings is 1. The van der Waals surface area contributed by atoms with Gasteiger partial charge in [0.2, 0.25) is 0 Å². The summed E-state index contributed by atoms with van der Waals surface area (Å²) in [6.45, 7) is -0.194. The molecule has 2 aromatic heterocycles. The molecule has 0 aliphatic heterocycles. The quantitative estimate of drug-likeness (QED) is 0.315. The van der Waals surface area contributed by atoms with E-state index < -0.39 is 4.92 Å². The maximum absolute atomic E-state index is 12.7. The molecule has 2 N–H and O–H groups in total. The van der Waals surface area contributed by atoms with E-state index in [0.29, 0.717) is 5.75 Å². The van der Waals surface area contributed by atoms with Crippen LogP contribution in [0.2, 0.25) is 0 Å². The first kappa shape index (κ1) is 20.2. The Bertz CT molecular complexity index is 1280. The number of para-hydroxylation sites is 2. The number of hydrogen-bond acceptors (Lipinski definition) is 6. The van der Waals surface area contributed by atoms with Gasteiger partial charge in [-0.1, -0.05) is 12.1 Å². The van der Waals surface area contributed by atoms with Crippen molar-refractivity contribution >= 4 is 39.0 Å². The second kappa shape index (κ2) is 8.43. The molecule has 9 heteroatoms. The number of ether oxygens (including phenoxy) is 1. The lowest BCUT2D eigenvalue weighted by molar-refractivity contribution is -0.384. The van der Waals surface area contributed by atoms with E-state index in [2.05, 4.69) is 10.3 Å². The third kappa shape index (κ3) is 3.94. The highest BCUT2D eigenvalue weighted by molar-refractivity contribution is 7.17. The predicted molar refractivity (Wildman–Crippen MR) is 123 cm³/mol. The minimum atomic E-state index is -0.478. The number of imidazole rings is 1. The minimum Gasteiger partial charge on any atom is -0.484 e. The normalized spacial score (nSPS) is 13.0. The summed E-state index contributed by atoms with van der Waals surface area (Å²) in [5.74, 6) is 0.866. The number of H-pyrrole nitrogens is 1. The monoisotopic (exact) mass is 448 g/mol. The van der Waals surface area contributed by atoms with Crippen molar-refractivity contribution in [3.05, 3.63) is 69.1 Å². The average molecular weight is 449 g/mol. The zero-order chi connectivity index (χ0) is 22.1. The van der Waals surface area contributed by atoms with Crippen LogP contribution in [0.15, 0.2) is 48.5 Å². The number of fused-ring (bicyclic) bond motifs is 2. The molecule has 2 heterocycles. The van der Waals surface area contributed by atoms with Crippen LogP contribution in [0.3, 0.4) is 0 Å². The highest BCUT2D eigenvalue weighted by atomic mass is 32.1. The van der Waals surface area contributed by atoms with Crippen molar-refractivity contribution < 1.29 is 14.5 Å². The number of rotatable bonds is 6. The number of nitrogens with zero attached hydrogens (tertiary/aromatic N) is 2. The van der Waals surface area contributed by atoms with E-state index in [1.807, 2.05) is 24.3 Å². The van der Waals surface area contributed by atoms with Gasteiger partial charge in [0.05, 0.1) is 21.5 Å². The first-order valence-corrected chi connectivity index (χ1v) is 11.2. The molecule has 8 nitrogen and oxygen atoms in total. The third-order valence-electron chi connectivity index (χ3n) is 5.47. The number of aryl methyl sites for hydroxylation is 1.